The molecule has 7 heteroatoms. The van der Waals surface area contributed by atoms with Crippen LogP contribution in [0.4, 0.5) is 13.2 Å². The van der Waals surface area contributed by atoms with Crippen LogP contribution in [0.1, 0.15) is 20.8 Å². The van der Waals surface area contributed by atoms with Gasteiger partial charge in [-0.1, -0.05) is 0 Å². The third-order valence-corrected chi connectivity index (χ3v) is 1.56. The molecule has 0 heterocycles. The van der Waals surface area contributed by atoms with Crippen molar-refractivity contribution < 1.29 is 13.2 Å². The fraction of sp³-hybridized carbons (Fsp3) is 0.875. The Morgan fingerprint density at radius 1 is 1.47 bits per heavy atom. The maximum absolute atomic E-state index is 12.2. The normalized spacial score (nSPS) is 13.2. The first-order valence-corrected chi connectivity index (χ1v) is 4.66. The first kappa shape index (κ1) is 14.0. The van der Waals surface area contributed by atoms with Crippen LogP contribution in [0.2, 0.25) is 0 Å². The number of rotatable bonds is 3. The summed E-state index contributed by atoms with van der Waals surface area (Å²) in [5, 5.41) is 0. The average molecular weight is 226 g/mol. The molecule has 15 heavy (non-hydrogen) atoms. The first-order valence-electron chi connectivity index (χ1n) is 4.66. The Kier molecular flexibility index (Phi) is 5.41. The molecule has 0 radical (unpaired) electrons. The van der Waals surface area contributed by atoms with Crippen LogP contribution in [0.15, 0.2) is 4.99 Å². The minimum absolute atomic E-state index is 0.0600. The maximum atomic E-state index is 12.2. The molecule has 0 saturated carbocycles. The molecule has 0 unspecified atom stereocenters. The van der Waals surface area contributed by atoms with Gasteiger partial charge in [0.25, 0.3) is 0 Å². The number of aliphatic imine (C=N–C) groups is 1. The van der Waals surface area contributed by atoms with Crippen molar-refractivity contribution in [2.24, 2.45) is 10.8 Å². The summed E-state index contributed by atoms with van der Waals surface area (Å²) in [6.07, 6.45) is -4.26. The lowest BCUT2D eigenvalue weighted by atomic mass is 10.4. The highest BCUT2D eigenvalue weighted by atomic mass is 19.4. The Morgan fingerprint density at radius 2 is 2.00 bits per heavy atom. The molecule has 4 nitrogen and oxygen atoms in total. The lowest BCUT2D eigenvalue weighted by molar-refractivity contribution is -0.137. The molecule has 0 saturated heterocycles. The van der Waals surface area contributed by atoms with E-state index < -0.39 is 12.7 Å². The van der Waals surface area contributed by atoms with Crippen LogP contribution < -0.4 is 11.3 Å². The summed E-state index contributed by atoms with van der Waals surface area (Å²) in [5.41, 5.74) is 2.18. The summed E-state index contributed by atoms with van der Waals surface area (Å²) in [6.45, 7) is 4.27. The highest BCUT2D eigenvalue weighted by Crippen LogP contribution is 2.16. The van der Waals surface area contributed by atoms with Gasteiger partial charge in [0.2, 0.25) is 5.96 Å². The summed E-state index contributed by atoms with van der Waals surface area (Å²) in [4.78, 5) is 5.00. The van der Waals surface area contributed by atoms with Gasteiger partial charge in [-0.3, -0.25) is 5.43 Å². The van der Waals surface area contributed by atoms with Gasteiger partial charge in [0.1, 0.15) is 6.54 Å². The SMILES string of the molecule is CCN(CC(F)(F)F)C(=NC(C)C)NN. The van der Waals surface area contributed by atoms with Gasteiger partial charge in [0, 0.05) is 12.6 Å². The molecule has 90 valence electrons. The van der Waals surface area contributed by atoms with Crippen molar-refractivity contribution in [2.45, 2.75) is 33.0 Å². The standard InChI is InChI=1S/C8H17F3N4/c1-4-15(5-8(9,10)11)7(14-12)13-6(2)3/h6H,4-5,12H2,1-3H3,(H,13,14). The summed E-state index contributed by atoms with van der Waals surface area (Å²) in [5.74, 6) is 5.19. The molecule has 0 aliphatic heterocycles. The zero-order chi connectivity index (χ0) is 12.1. The first-order chi connectivity index (χ1) is 6.80. The van der Waals surface area contributed by atoms with Gasteiger partial charge in [0.05, 0.1) is 0 Å². The molecule has 0 fully saturated rings. The molecule has 0 aromatic carbocycles. The van der Waals surface area contributed by atoms with Crippen LogP contribution in [0.5, 0.6) is 0 Å². The van der Waals surface area contributed by atoms with E-state index in [1.54, 1.807) is 20.8 Å². The van der Waals surface area contributed by atoms with Gasteiger partial charge in [-0.15, -0.1) is 0 Å². The molecule has 0 aliphatic carbocycles. The zero-order valence-corrected chi connectivity index (χ0v) is 9.10. The molecular formula is C8H17F3N4. The van der Waals surface area contributed by atoms with Crippen molar-refractivity contribution in [3.8, 4) is 0 Å². The second-order valence-electron chi connectivity index (χ2n) is 3.32. The van der Waals surface area contributed by atoms with E-state index in [9.17, 15) is 13.2 Å². The van der Waals surface area contributed by atoms with E-state index in [0.717, 1.165) is 4.90 Å². The summed E-state index contributed by atoms with van der Waals surface area (Å²) >= 11 is 0. The van der Waals surface area contributed by atoms with Gasteiger partial charge in [0.15, 0.2) is 0 Å². The van der Waals surface area contributed by atoms with Gasteiger partial charge < -0.3 is 4.90 Å². The van der Waals surface area contributed by atoms with Crippen molar-refractivity contribution in [1.82, 2.24) is 10.3 Å². The Hall–Kier alpha value is -0.980. The van der Waals surface area contributed by atoms with E-state index in [0.29, 0.717) is 0 Å². The predicted molar refractivity (Wildman–Crippen MR) is 53.2 cm³/mol. The van der Waals surface area contributed by atoms with E-state index in [2.05, 4.69) is 10.4 Å². The van der Waals surface area contributed by atoms with Crippen LogP contribution in [0.3, 0.4) is 0 Å². The number of alkyl halides is 3. The lowest BCUT2D eigenvalue weighted by Gasteiger charge is -2.25. The van der Waals surface area contributed by atoms with Crippen molar-refractivity contribution in [1.29, 1.82) is 0 Å². The smallest absolute Gasteiger partial charge is 0.333 e. The molecule has 0 aliphatic rings. The second kappa shape index (κ2) is 5.79. The number of nitrogens with two attached hydrogens (primary N) is 1. The molecule has 0 aromatic rings. The molecule has 0 atom stereocenters. The van der Waals surface area contributed by atoms with E-state index >= 15 is 0 Å². The Bertz CT molecular complexity index is 212. The zero-order valence-electron chi connectivity index (χ0n) is 9.10. The highest BCUT2D eigenvalue weighted by Gasteiger charge is 2.31. The number of nitrogens with one attached hydrogen (secondary N) is 1. The molecule has 0 aromatic heterocycles. The Balaban J connectivity index is 4.62. The van der Waals surface area contributed by atoms with E-state index in [4.69, 9.17) is 5.84 Å². The molecule has 0 amide bonds. The third kappa shape index (κ3) is 6.16. The Morgan fingerprint density at radius 3 is 2.27 bits per heavy atom. The van der Waals surface area contributed by atoms with Crippen LogP contribution in [-0.2, 0) is 0 Å². The highest BCUT2D eigenvalue weighted by molar-refractivity contribution is 5.79. The molecule has 0 rings (SSSR count). The van der Waals surface area contributed by atoms with E-state index in [1.165, 1.54) is 0 Å². The number of halogens is 3. The van der Waals surface area contributed by atoms with Crippen molar-refractivity contribution in [2.75, 3.05) is 13.1 Å². The monoisotopic (exact) mass is 226 g/mol. The minimum atomic E-state index is -4.26. The Labute approximate surface area is 87.3 Å². The molecular weight excluding hydrogens is 209 g/mol. The van der Waals surface area contributed by atoms with Crippen molar-refractivity contribution in [3.63, 3.8) is 0 Å². The third-order valence-electron chi connectivity index (χ3n) is 1.56. The minimum Gasteiger partial charge on any atom is -0.333 e. The fourth-order valence-corrected chi connectivity index (χ4v) is 1.01. The number of nitrogens with zero attached hydrogens (tertiary/aromatic N) is 2. The molecule has 3 N–H and O–H groups in total. The predicted octanol–water partition coefficient (Wildman–Crippen LogP) is 1.10. The van der Waals surface area contributed by atoms with Crippen molar-refractivity contribution in [3.05, 3.63) is 0 Å². The maximum Gasteiger partial charge on any atom is 0.406 e. The average Bonchev–Trinajstić information content (AvgIpc) is 2.08. The number of hydrazine groups is 1. The number of hydrogen-bond donors (Lipinski definition) is 2. The molecule has 0 spiro atoms. The van der Waals surface area contributed by atoms with Crippen LogP contribution in [0, 0.1) is 0 Å². The van der Waals surface area contributed by atoms with Crippen LogP contribution in [-0.4, -0.2) is 36.2 Å². The van der Waals surface area contributed by atoms with Crippen molar-refractivity contribution >= 4 is 5.96 Å². The summed E-state index contributed by atoms with van der Waals surface area (Å²) in [6, 6.07) is -0.113. The fourth-order valence-electron chi connectivity index (χ4n) is 1.01. The van der Waals surface area contributed by atoms with Gasteiger partial charge >= 0.3 is 6.18 Å². The molecule has 0 bridgehead atoms. The summed E-state index contributed by atoms with van der Waals surface area (Å²) < 4.78 is 36.5. The van der Waals surface area contributed by atoms with Crippen LogP contribution >= 0.6 is 0 Å². The largest absolute Gasteiger partial charge is 0.406 e. The van der Waals surface area contributed by atoms with Gasteiger partial charge in [-0.2, -0.15) is 13.2 Å². The number of guanidine groups is 1. The topological polar surface area (TPSA) is 53.6 Å². The number of hydrogen-bond acceptors (Lipinski definition) is 2. The van der Waals surface area contributed by atoms with Gasteiger partial charge in [-0.05, 0) is 20.8 Å². The van der Waals surface area contributed by atoms with Gasteiger partial charge in [-0.25, -0.2) is 10.8 Å². The summed E-state index contributed by atoms with van der Waals surface area (Å²) in [7, 11) is 0. The quantitative estimate of drug-likeness (QED) is 0.328. The second-order valence-corrected chi connectivity index (χ2v) is 3.32. The lowest BCUT2D eigenvalue weighted by Crippen LogP contribution is -2.48. The van der Waals surface area contributed by atoms with E-state index in [1.807, 2.05) is 0 Å². The van der Waals surface area contributed by atoms with Crippen LogP contribution in [0.25, 0.3) is 0 Å². The van der Waals surface area contributed by atoms with E-state index in [-0.39, 0.29) is 18.5 Å².